The summed E-state index contributed by atoms with van der Waals surface area (Å²) in [6.45, 7) is 2.15. The minimum atomic E-state index is 0.204. The summed E-state index contributed by atoms with van der Waals surface area (Å²) in [5.41, 5.74) is 1.24. The van der Waals surface area contributed by atoms with Crippen molar-refractivity contribution in [2.75, 3.05) is 20.1 Å². The number of hydrogen-bond acceptors (Lipinski definition) is 3. The van der Waals surface area contributed by atoms with Gasteiger partial charge in [0.15, 0.2) is 0 Å². The minimum Gasteiger partial charge on any atom is -0.313 e. The highest BCUT2D eigenvalue weighted by molar-refractivity contribution is 5.20. The van der Waals surface area contributed by atoms with E-state index in [9.17, 15) is 0 Å². The van der Waals surface area contributed by atoms with Crippen LogP contribution < -0.4 is 5.32 Å². The Labute approximate surface area is 116 Å². The Kier molecular flexibility index (Phi) is 5.38. The molecule has 1 saturated heterocycles. The highest BCUT2D eigenvalue weighted by Gasteiger charge is 2.21. The molecular weight excluding hydrogens is 234 g/mol. The van der Waals surface area contributed by atoms with Gasteiger partial charge < -0.3 is 5.32 Å². The third kappa shape index (κ3) is 4.05. The zero-order chi connectivity index (χ0) is 13.5. The number of piperidine rings is 1. The van der Waals surface area contributed by atoms with Crippen LogP contribution in [0.25, 0.3) is 0 Å². The lowest BCUT2D eigenvalue weighted by atomic mass is 10.00. The maximum Gasteiger partial charge on any atom is 0.0641 e. The molecule has 2 rings (SSSR count). The van der Waals surface area contributed by atoms with Crippen LogP contribution in [0.3, 0.4) is 0 Å². The van der Waals surface area contributed by atoms with E-state index in [0.717, 1.165) is 13.1 Å². The first kappa shape index (κ1) is 14.0. The van der Waals surface area contributed by atoms with E-state index in [0.29, 0.717) is 12.5 Å². The Morgan fingerprint density at radius 3 is 2.79 bits per heavy atom. The van der Waals surface area contributed by atoms with Gasteiger partial charge in [0.1, 0.15) is 0 Å². The van der Waals surface area contributed by atoms with Gasteiger partial charge in [0.05, 0.1) is 12.5 Å². The molecule has 2 atom stereocenters. The summed E-state index contributed by atoms with van der Waals surface area (Å²) in [5, 5.41) is 12.6. The number of nitrogens with one attached hydrogen (secondary N) is 1. The van der Waals surface area contributed by atoms with Gasteiger partial charge in [0.25, 0.3) is 0 Å². The molecule has 1 heterocycles. The zero-order valence-electron chi connectivity index (χ0n) is 11.7. The Hall–Kier alpha value is -1.37. The number of rotatable bonds is 5. The molecule has 0 saturated carbocycles. The van der Waals surface area contributed by atoms with Crippen LogP contribution in [0, 0.1) is 11.3 Å². The largest absolute Gasteiger partial charge is 0.313 e. The highest BCUT2D eigenvalue weighted by Crippen LogP contribution is 2.23. The summed E-state index contributed by atoms with van der Waals surface area (Å²) in [7, 11) is 2.13. The maximum atomic E-state index is 9.06. The topological polar surface area (TPSA) is 39.1 Å². The predicted octanol–water partition coefficient (Wildman–Crippen LogP) is 2.72. The fourth-order valence-corrected chi connectivity index (χ4v) is 2.84. The first-order valence-electron chi connectivity index (χ1n) is 7.17. The molecule has 0 bridgehead atoms. The summed E-state index contributed by atoms with van der Waals surface area (Å²) in [4.78, 5) is 2.32. The number of nitrogens with zero attached hydrogens (tertiary/aromatic N) is 2. The Morgan fingerprint density at radius 2 is 2.16 bits per heavy atom. The van der Waals surface area contributed by atoms with Crippen LogP contribution >= 0.6 is 0 Å². The van der Waals surface area contributed by atoms with Crippen LogP contribution in [0.5, 0.6) is 0 Å². The second kappa shape index (κ2) is 7.28. The molecule has 1 aliphatic heterocycles. The Balaban J connectivity index is 2.00. The third-order valence-corrected chi connectivity index (χ3v) is 3.92. The van der Waals surface area contributed by atoms with Crippen molar-refractivity contribution in [1.29, 1.82) is 5.26 Å². The molecule has 1 fully saturated rings. The highest BCUT2D eigenvalue weighted by atomic mass is 15.2. The normalized spacial score (nSPS) is 21.0. The molecule has 3 nitrogen and oxygen atoms in total. The molecule has 1 aliphatic rings. The van der Waals surface area contributed by atoms with E-state index in [1.54, 1.807) is 0 Å². The van der Waals surface area contributed by atoms with Crippen molar-refractivity contribution in [3.8, 4) is 6.07 Å². The van der Waals surface area contributed by atoms with Gasteiger partial charge in [-0.2, -0.15) is 5.26 Å². The fraction of sp³-hybridized carbons (Fsp3) is 0.562. The van der Waals surface area contributed by atoms with E-state index in [1.165, 1.54) is 24.8 Å². The monoisotopic (exact) mass is 257 g/mol. The van der Waals surface area contributed by atoms with E-state index in [-0.39, 0.29) is 6.04 Å². The summed E-state index contributed by atoms with van der Waals surface area (Å²) in [6, 6.07) is 13.5. The number of benzene rings is 1. The minimum absolute atomic E-state index is 0.204. The second-order valence-electron chi connectivity index (χ2n) is 5.38. The molecule has 0 amide bonds. The van der Waals surface area contributed by atoms with Crippen molar-refractivity contribution in [3.63, 3.8) is 0 Å². The van der Waals surface area contributed by atoms with Crippen molar-refractivity contribution in [2.24, 2.45) is 0 Å². The van der Waals surface area contributed by atoms with Gasteiger partial charge in [-0.15, -0.1) is 0 Å². The summed E-state index contributed by atoms with van der Waals surface area (Å²) in [5.74, 6) is 0. The van der Waals surface area contributed by atoms with E-state index in [2.05, 4.69) is 35.5 Å². The van der Waals surface area contributed by atoms with Gasteiger partial charge in [-0.3, -0.25) is 4.90 Å². The molecule has 0 radical (unpaired) electrons. The van der Waals surface area contributed by atoms with Crippen molar-refractivity contribution in [2.45, 2.75) is 37.8 Å². The van der Waals surface area contributed by atoms with E-state index >= 15 is 0 Å². The molecule has 1 aromatic rings. The van der Waals surface area contributed by atoms with Gasteiger partial charge in [-0.1, -0.05) is 36.8 Å². The number of likely N-dealkylation sites (N-methyl/N-ethyl adjacent to an activating group) is 1. The van der Waals surface area contributed by atoms with Crippen LogP contribution in [0.4, 0.5) is 0 Å². The molecule has 3 heteroatoms. The average Bonchev–Trinajstić information content (AvgIpc) is 2.46. The van der Waals surface area contributed by atoms with Gasteiger partial charge in [-0.05, 0) is 32.0 Å². The van der Waals surface area contributed by atoms with Crippen molar-refractivity contribution < 1.29 is 0 Å². The van der Waals surface area contributed by atoms with Crippen molar-refractivity contribution in [1.82, 2.24) is 10.2 Å². The van der Waals surface area contributed by atoms with E-state index in [4.69, 9.17) is 5.26 Å². The maximum absolute atomic E-state index is 9.06. The first-order valence-corrected chi connectivity index (χ1v) is 7.17. The standard InChI is InChI=1S/C16H23N3/c1-19(13-15-9-5-6-12-18-15)16(10-11-17)14-7-3-2-4-8-14/h2-4,7-8,15-16,18H,5-6,9-10,12-13H2,1H3. The molecule has 1 N–H and O–H groups in total. The second-order valence-corrected chi connectivity index (χ2v) is 5.38. The van der Waals surface area contributed by atoms with Crippen LogP contribution in [0.2, 0.25) is 0 Å². The SMILES string of the molecule is CN(CC1CCCCN1)C(CC#N)c1ccccc1. The molecular formula is C16H23N3. The summed E-state index contributed by atoms with van der Waals surface area (Å²) < 4.78 is 0. The molecule has 0 spiro atoms. The molecule has 0 aliphatic carbocycles. The zero-order valence-corrected chi connectivity index (χ0v) is 11.7. The molecule has 1 aromatic carbocycles. The summed E-state index contributed by atoms with van der Waals surface area (Å²) >= 11 is 0. The van der Waals surface area contributed by atoms with Crippen molar-refractivity contribution >= 4 is 0 Å². The predicted molar refractivity (Wildman–Crippen MR) is 77.7 cm³/mol. The van der Waals surface area contributed by atoms with Gasteiger partial charge in [-0.25, -0.2) is 0 Å². The van der Waals surface area contributed by atoms with Crippen LogP contribution in [-0.2, 0) is 0 Å². The molecule has 19 heavy (non-hydrogen) atoms. The molecule has 102 valence electrons. The van der Waals surface area contributed by atoms with Gasteiger partial charge in [0.2, 0.25) is 0 Å². The smallest absolute Gasteiger partial charge is 0.0641 e. The lowest BCUT2D eigenvalue weighted by molar-refractivity contribution is 0.205. The summed E-state index contributed by atoms with van der Waals surface area (Å²) in [6.07, 6.45) is 4.41. The molecule has 2 unspecified atom stereocenters. The number of hydrogen-bond donors (Lipinski definition) is 1. The Morgan fingerprint density at radius 1 is 1.37 bits per heavy atom. The quantitative estimate of drug-likeness (QED) is 0.881. The average molecular weight is 257 g/mol. The number of nitriles is 1. The van der Waals surface area contributed by atoms with Crippen LogP contribution in [-0.4, -0.2) is 31.1 Å². The van der Waals surface area contributed by atoms with Crippen LogP contribution in [0.15, 0.2) is 30.3 Å². The van der Waals surface area contributed by atoms with E-state index < -0.39 is 0 Å². The van der Waals surface area contributed by atoms with Gasteiger partial charge in [0, 0.05) is 18.6 Å². The first-order chi connectivity index (χ1) is 9.31. The van der Waals surface area contributed by atoms with Crippen molar-refractivity contribution in [3.05, 3.63) is 35.9 Å². The third-order valence-electron chi connectivity index (χ3n) is 3.92. The lowest BCUT2D eigenvalue weighted by Gasteiger charge is -2.32. The van der Waals surface area contributed by atoms with Crippen LogP contribution in [0.1, 0.15) is 37.3 Å². The molecule has 0 aromatic heterocycles. The van der Waals surface area contributed by atoms with E-state index in [1.807, 2.05) is 18.2 Å². The lowest BCUT2D eigenvalue weighted by Crippen LogP contribution is -2.43. The Bertz CT molecular complexity index is 404. The van der Waals surface area contributed by atoms with Gasteiger partial charge >= 0.3 is 0 Å². The fourth-order valence-electron chi connectivity index (χ4n) is 2.84.